The Kier molecular flexibility index (Phi) is 4.76. The van der Waals surface area contributed by atoms with Crippen molar-refractivity contribution in [3.63, 3.8) is 0 Å². The van der Waals surface area contributed by atoms with Crippen LogP contribution in [0.4, 0.5) is 5.69 Å². The number of nitrogens with one attached hydrogen (secondary N) is 1. The molecule has 1 aromatic carbocycles. The molecule has 118 valence electrons. The Bertz CT molecular complexity index is 576. The number of anilines is 1. The largest absolute Gasteiger partial charge is 0.493 e. The maximum Gasteiger partial charge on any atom is 0.244 e. The third-order valence-corrected chi connectivity index (χ3v) is 4.03. The minimum Gasteiger partial charge on any atom is -0.493 e. The highest BCUT2D eigenvalue weighted by molar-refractivity contribution is 5.98. The van der Waals surface area contributed by atoms with Crippen molar-refractivity contribution in [3.8, 4) is 23.3 Å². The molecule has 1 N–H and O–H groups in total. The van der Waals surface area contributed by atoms with Gasteiger partial charge in [-0.2, -0.15) is 5.26 Å². The third-order valence-electron chi connectivity index (χ3n) is 4.03. The summed E-state index contributed by atoms with van der Waals surface area (Å²) in [6.07, 6.45) is 2.99. The molecule has 0 saturated heterocycles. The van der Waals surface area contributed by atoms with Crippen LogP contribution in [0.2, 0.25) is 0 Å². The summed E-state index contributed by atoms with van der Waals surface area (Å²) in [5.74, 6) is 1.09. The molecule has 0 atom stereocenters. The maximum atomic E-state index is 12.5. The van der Waals surface area contributed by atoms with E-state index < -0.39 is 5.41 Å². The number of ether oxygens (including phenoxy) is 3. The van der Waals surface area contributed by atoms with Crippen molar-refractivity contribution in [3.05, 3.63) is 12.1 Å². The summed E-state index contributed by atoms with van der Waals surface area (Å²) >= 11 is 0. The van der Waals surface area contributed by atoms with Crippen molar-refractivity contribution in [2.45, 2.75) is 25.7 Å². The van der Waals surface area contributed by atoms with E-state index in [0.29, 0.717) is 35.8 Å². The molecule has 1 amide bonds. The highest BCUT2D eigenvalue weighted by Gasteiger charge is 2.41. The van der Waals surface area contributed by atoms with Crippen molar-refractivity contribution in [1.29, 1.82) is 5.26 Å². The van der Waals surface area contributed by atoms with Crippen LogP contribution >= 0.6 is 0 Å². The van der Waals surface area contributed by atoms with Crippen LogP contribution in [0.15, 0.2) is 12.1 Å². The first-order valence-corrected chi connectivity index (χ1v) is 7.13. The van der Waals surface area contributed by atoms with E-state index in [2.05, 4.69) is 11.4 Å². The molecule has 1 aliphatic rings. The van der Waals surface area contributed by atoms with Crippen LogP contribution in [0, 0.1) is 16.7 Å². The Labute approximate surface area is 130 Å². The van der Waals surface area contributed by atoms with Crippen LogP contribution in [0.5, 0.6) is 17.2 Å². The first kappa shape index (κ1) is 16.0. The molecule has 6 heteroatoms. The van der Waals surface area contributed by atoms with Gasteiger partial charge in [0.25, 0.3) is 0 Å². The minimum atomic E-state index is -0.930. The van der Waals surface area contributed by atoms with Crippen LogP contribution in [0.25, 0.3) is 0 Å². The topological polar surface area (TPSA) is 80.6 Å². The first-order chi connectivity index (χ1) is 10.6. The number of benzene rings is 1. The number of methoxy groups -OCH3 is 3. The number of nitrogens with zero attached hydrogens (tertiary/aromatic N) is 1. The average molecular weight is 304 g/mol. The molecule has 0 bridgehead atoms. The summed E-state index contributed by atoms with van der Waals surface area (Å²) in [6, 6.07) is 5.48. The van der Waals surface area contributed by atoms with Crippen LogP contribution < -0.4 is 19.5 Å². The smallest absolute Gasteiger partial charge is 0.244 e. The van der Waals surface area contributed by atoms with Crippen molar-refractivity contribution in [1.82, 2.24) is 0 Å². The van der Waals surface area contributed by atoms with Gasteiger partial charge in [-0.25, -0.2) is 0 Å². The lowest BCUT2D eigenvalue weighted by molar-refractivity contribution is -0.122. The van der Waals surface area contributed by atoms with E-state index in [1.54, 1.807) is 12.1 Å². The maximum absolute atomic E-state index is 12.5. The zero-order valence-corrected chi connectivity index (χ0v) is 13.1. The molecule has 0 spiro atoms. The highest BCUT2D eigenvalue weighted by Crippen LogP contribution is 2.42. The Morgan fingerprint density at radius 3 is 2.09 bits per heavy atom. The normalized spacial score (nSPS) is 15.7. The molecule has 1 aromatic rings. The monoisotopic (exact) mass is 304 g/mol. The lowest BCUT2D eigenvalue weighted by Crippen LogP contribution is -2.32. The van der Waals surface area contributed by atoms with Gasteiger partial charge in [-0.1, -0.05) is 12.8 Å². The van der Waals surface area contributed by atoms with Gasteiger partial charge in [-0.05, 0) is 12.8 Å². The predicted octanol–water partition coefficient (Wildman–Crippen LogP) is 2.73. The molecule has 0 aliphatic heterocycles. The molecular formula is C16H20N2O4. The zero-order chi connectivity index (χ0) is 16.2. The SMILES string of the molecule is COc1cc(NC(=O)C2(C#N)CCCC2)cc(OC)c1OC. The lowest BCUT2D eigenvalue weighted by Gasteiger charge is -2.20. The van der Waals surface area contributed by atoms with E-state index in [0.717, 1.165) is 12.8 Å². The summed E-state index contributed by atoms with van der Waals surface area (Å²) < 4.78 is 15.8. The number of amides is 1. The van der Waals surface area contributed by atoms with Gasteiger partial charge in [0, 0.05) is 17.8 Å². The Balaban J connectivity index is 2.30. The Morgan fingerprint density at radius 2 is 1.68 bits per heavy atom. The number of hydrogen-bond acceptors (Lipinski definition) is 5. The molecule has 1 aliphatic carbocycles. The fourth-order valence-electron chi connectivity index (χ4n) is 2.77. The molecule has 2 rings (SSSR count). The van der Waals surface area contributed by atoms with Gasteiger partial charge < -0.3 is 19.5 Å². The Morgan fingerprint density at radius 1 is 1.14 bits per heavy atom. The summed E-state index contributed by atoms with van der Waals surface area (Å²) in [5, 5.41) is 12.2. The van der Waals surface area contributed by atoms with E-state index in [1.165, 1.54) is 21.3 Å². The van der Waals surface area contributed by atoms with Crippen LogP contribution in [0.3, 0.4) is 0 Å². The van der Waals surface area contributed by atoms with Crippen molar-refractivity contribution >= 4 is 11.6 Å². The van der Waals surface area contributed by atoms with Crippen molar-refractivity contribution < 1.29 is 19.0 Å². The van der Waals surface area contributed by atoms with Gasteiger partial charge in [0.1, 0.15) is 5.41 Å². The number of rotatable bonds is 5. The van der Waals surface area contributed by atoms with Gasteiger partial charge in [0.2, 0.25) is 11.7 Å². The predicted molar refractivity (Wildman–Crippen MR) is 81.2 cm³/mol. The standard InChI is InChI=1S/C16H20N2O4/c1-20-12-8-11(9-13(21-2)14(12)22-3)18-15(19)16(10-17)6-4-5-7-16/h8-9H,4-7H2,1-3H3,(H,18,19). The number of hydrogen-bond donors (Lipinski definition) is 1. The quantitative estimate of drug-likeness (QED) is 0.904. The van der Waals surface area contributed by atoms with Crippen LogP contribution in [-0.2, 0) is 4.79 Å². The van der Waals surface area contributed by atoms with Gasteiger partial charge in [0.05, 0.1) is 27.4 Å². The molecular weight excluding hydrogens is 284 g/mol. The third kappa shape index (κ3) is 2.80. The van der Waals surface area contributed by atoms with Gasteiger partial charge >= 0.3 is 0 Å². The second-order valence-electron chi connectivity index (χ2n) is 5.27. The molecule has 1 fully saturated rings. The number of carbonyl (C=O) groups is 1. The summed E-state index contributed by atoms with van der Waals surface area (Å²) in [5.41, 5.74) is -0.415. The molecule has 22 heavy (non-hydrogen) atoms. The molecule has 0 unspecified atom stereocenters. The highest BCUT2D eigenvalue weighted by atomic mass is 16.5. The zero-order valence-electron chi connectivity index (χ0n) is 13.1. The lowest BCUT2D eigenvalue weighted by atomic mass is 9.87. The number of nitriles is 1. The minimum absolute atomic E-state index is 0.276. The van der Waals surface area contributed by atoms with Gasteiger partial charge in [-0.15, -0.1) is 0 Å². The van der Waals surface area contributed by atoms with Crippen molar-refractivity contribution in [2.75, 3.05) is 26.6 Å². The Hall–Kier alpha value is -2.42. The molecule has 1 saturated carbocycles. The van der Waals surface area contributed by atoms with Crippen molar-refractivity contribution in [2.24, 2.45) is 5.41 Å². The second kappa shape index (κ2) is 6.56. The van der Waals surface area contributed by atoms with E-state index in [-0.39, 0.29) is 5.91 Å². The molecule has 6 nitrogen and oxygen atoms in total. The summed E-state index contributed by atoms with van der Waals surface area (Å²) in [7, 11) is 4.54. The fraction of sp³-hybridized carbons (Fsp3) is 0.500. The van der Waals surface area contributed by atoms with Crippen LogP contribution in [-0.4, -0.2) is 27.2 Å². The fourth-order valence-corrected chi connectivity index (χ4v) is 2.77. The van der Waals surface area contributed by atoms with E-state index in [9.17, 15) is 10.1 Å². The molecule has 0 heterocycles. The van der Waals surface area contributed by atoms with E-state index >= 15 is 0 Å². The molecule has 0 aromatic heterocycles. The van der Waals surface area contributed by atoms with Gasteiger partial charge in [0.15, 0.2) is 11.5 Å². The second-order valence-corrected chi connectivity index (χ2v) is 5.27. The summed E-state index contributed by atoms with van der Waals surface area (Å²) in [4.78, 5) is 12.5. The molecule has 0 radical (unpaired) electrons. The first-order valence-electron chi connectivity index (χ1n) is 7.13. The van der Waals surface area contributed by atoms with Crippen LogP contribution in [0.1, 0.15) is 25.7 Å². The van der Waals surface area contributed by atoms with E-state index in [4.69, 9.17) is 14.2 Å². The number of carbonyl (C=O) groups excluding carboxylic acids is 1. The van der Waals surface area contributed by atoms with E-state index in [1.807, 2.05) is 0 Å². The average Bonchev–Trinajstić information content (AvgIpc) is 3.04. The summed E-state index contributed by atoms with van der Waals surface area (Å²) in [6.45, 7) is 0. The van der Waals surface area contributed by atoms with Gasteiger partial charge in [-0.3, -0.25) is 4.79 Å².